The van der Waals surface area contributed by atoms with Gasteiger partial charge in [-0.1, -0.05) is 11.6 Å². The molecule has 0 radical (unpaired) electrons. The minimum Gasteiger partial charge on any atom is -0.486 e. The van der Waals surface area contributed by atoms with Gasteiger partial charge in [-0.3, -0.25) is 14.3 Å². The zero-order valence-electron chi connectivity index (χ0n) is 17.3. The number of nitrogens with zero attached hydrogens (tertiary/aromatic N) is 1. The van der Waals surface area contributed by atoms with Gasteiger partial charge in [-0.05, 0) is 48.9 Å². The number of hydrogen-bond acceptors (Lipinski definition) is 5. The highest BCUT2D eigenvalue weighted by Gasteiger charge is 2.44. The monoisotopic (exact) mass is 462 g/mol. The van der Waals surface area contributed by atoms with Gasteiger partial charge in [0.25, 0.3) is 5.91 Å². The van der Waals surface area contributed by atoms with Crippen LogP contribution in [0.3, 0.4) is 0 Å². The number of hydrogen-bond donors (Lipinski definition) is 1. The number of aryl methyl sites for hydroxylation is 1. The third-order valence-electron chi connectivity index (χ3n) is 5.74. The Hall–Kier alpha value is -2.58. The molecule has 0 aliphatic carbocycles. The van der Waals surface area contributed by atoms with Gasteiger partial charge >= 0.3 is 0 Å². The number of likely N-dealkylation sites (tertiary alicyclic amines) is 1. The lowest BCUT2D eigenvalue weighted by molar-refractivity contribution is -0.00617. The van der Waals surface area contributed by atoms with E-state index in [1.165, 1.54) is 0 Å². The van der Waals surface area contributed by atoms with Crippen LogP contribution in [-0.2, 0) is 10.0 Å². The molecule has 1 spiro atoms. The quantitative estimate of drug-likeness (QED) is 0.751. The number of halogens is 1. The van der Waals surface area contributed by atoms with Gasteiger partial charge in [0.05, 0.1) is 18.2 Å². The van der Waals surface area contributed by atoms with Crippen molar-refractivity contribution in [3.63, 3.8) is 0 Å². The lowest BCUT2D eigenvalue weighted by Gasteiger charge is -2.44. The average molecular weight is 463 g/mol. The Morgan fingerprint density at radius 2 is 1.81 bits per heavy atom. The van der Waals surface area contributed by atoms with Gasteiger partial charge in [0.2, 0.25) is 10.0 Å². The van der Waals surface area contributed by atoms with Crippen LogP contribution in [0, 0.1) is 6.92 Å². The van der Waals surface area contributed by atoms with Crippen LogP contribution >= 0.6 is 11.6 Å². The molecule has 1 fully saturated rings. The third-order valence-corrected chi connectivity index (χ3v) is 6.56. The molecule has 0 atom stereocenters. The van der Waals surface area contributed by atoms with Crippen LogP contribution < -0.4 is 9.46 Å². The number of ether oxygens (including phenoxy) is 1. The van der Waals surface area contributed by atoms with Gasteiger partial charge < -0.3 is 9.64 Å². The van der Waals surface area contributed by atoms with Crippen molar-refractivity contribution in [2.24, 2.45) is 0 Å². The van der Waals surface area contributed by atoms with Crippen LogP contribution in [-0.4, -0.2) is 50.0 Å². The van der Waals surface area contributed by atoms with Crippen molar-refractivity contribution >= 4 is 39.0 Å². The fourth-order valence-corrected chi connectivity index (χ4v) is 5.02. The van der Waals surface area contributed by atoms with Gasteiger partial charge in [0.1, 0.15) is 11.4 Å². The topological polar surface area (TPSA) is 92.8 Å². The molecule has 2 aliphatic rings. The maximum absolute atomic E-state index is 12.9. The van der Waals surface area contributed by atoms with Crippen molar-refractivity contribution in [2.75, 3.05) is 24.1 Å². The van der Waals surface area contributed by atoms with Gasteiger partial charge in [-0.15, -0.1) is 0 Å². The van der Waals surface area contributed by atoms with E-state index in [9.17, 15) is 18.0 Å². The highest BCUT2D eigenvalue weighted by Crippen LogP contribution is 2.42. The molecule has 2 aromatic carbocycles. The Morgan fingerprint density at radius 1 is 1.16 bits per heavy atom. The number of nitrogens with one attached hydrogen (secondary N) is 1. The normalized spacial score (nSPS) is 17.8. The molecule has 0 saturated carbocycles. The van der Waals surface area contributed by atoms with Gasteiger partial charge in [-0.25, -0.2) is 8.42 Å². The SMILES string of the molecule is Cc1cc(Cl)cc2c1OC1(CCN(C(=O)c3ccc(NS(C)(=O)=O)cc3)CC1)CC2=O. The molecule has 0 aromatic heterocycles. The van der Waals surface area contributed by atoms with E-state index in [0.717, 1.165) is 11.8 Å². The summed E-state index contributed by atoms with van der Waals surface area (Å²) in [5.74, 6) is 0.473. The summed E-state index contributed by atoms with van der Waals surface area (Å²) in [6.45, 7) is 2.81. The number of piperidine rings is 1. The Labute approximate surface area is 186 Å². The molecule has 1 saturated heterocycles. The van der Waals surface area contributed by atoms with Crippen LogP contribution in [0.5, 0.6) is 5.75 Å². The summed E-state index contributed by atoms with van der Waals surface area (Å²) in [5.41, 5.74) is 1.63. The lowest BCUT2D eigenvalue weighted by Crippen LogP contribution is -2.52. The van der Waals surface area contributed by atoms with E-state index >= 15 is 0 Å². The number of carbonyl (C=O) groups excluding carboxylic acids is 2. The fraction of sp³-hybridized carbons (Fsp3) is 0.364. The van der Waals surface area contributed by atoms with Crippen molar-refractivity contribution < 1.29 is 22.7 Å². The molecular formula is C22H23ClN2O5S. The van der Waals surface area contributed by atoms with E-state index in [-0.39, 0.29) is 18.1 Å². The Kier molecular flexibility index (Phi) is 5.47. The van der Waals surface area contributed by atoms with Gasteiger partial charge in [-0.2, -0.15) is 0 Å². The molecule has 0 bridgehead atoms. The molecular weight excluding hydrogens is 440 g/mol. The third kappa shape index (κ3) is 4.55. The minimum atomic E-state index is -3.37. The first-order valence-electron chi connectivity index (χ1n) is 9.95. The van der Waals surface area contributed by atoms with E-state index in [1.807, 2.05) is 6.92 Å². The number of rotatable bonds is 3. The summed E-state index contributed by atoms with van der Waals surface area (Å²) in [4.78, 5) is 27.4. The van der Waals surface area contributed by atoms with Gasteiger partial charge in [0, 0.05) is 42.2 Å². The summed E-state index contributed by atoms with van der Waals surface area (Å²) in [5, 5.41) is 0.516. The molecule has 4 rings (SSSR count). The van der Waals surface area contributed by atoms with Crippen molar-refractivity contribution in [1.82, 2.24) is 4.90 Å². The van der Waals surface area contributed by atoms with Crippen LogP contribution in [0.15, 0.2) is 36.4 Å². The molecule has 9 heteroatoms. The van der Waals surface area contributed by atoms with Crippen molar-refractivity contribution in [2.45, 2.75) is 31.8 Å². The Bertz CT molecular complexity index is 1150. The molecule has 164 valence electrons. The minimum absolute atomic E-state index is 0.0144. The molecule has 0 unspecified atom stereocenters. The highest BCUT2D eigenvalue weighted by atomic mass is 35.5. The predicted molar refractivity (Wildman–Crippen MR) is 119 cm³/mol. The first kappa shape index (κ1) is 21.6. The second-order valence-corrected chi connectivity index (χ2v) is 10.4. The number of benzene rings is 2. The first-order valence-corrected chi connectivity index (χ1v) is 12.2. The van der Waals surface area contributed by atoms with Crippen LogP contribution in [0.1, 0.15) is 45.5 Å². The van der Waals surface area contributed by atoms with Crippen LogP contribution in [0.25, 0.3) is 0 Å². The fourth-order valence-electron chi connectivity index (χ4n) is 4.19. The molecule has 7 nitrogen and oxygen atoms in total. The summed E-state index contributed by atoms with van der Waals surface area (Å²) >= 11 is 6.09. The van der Waals surface area contributed by atoms with Crippen molar-refractivity contribution in [1.29, 1.82) is 0 Å². The second-order valence-electron chi connectivity index (χ2n) is 8.23. The van der Waals surface area contributed by atoms with Crippen LogP contribution in [0.4, 0.5) is 5.69 Å². The molecule has 2 aromatic rings. The number of anilines is 1. The smallest absolute Gasteiger partial charge is 0.253 e. The van der Waals surface area contributed by atoms with E-state index in [1.54, 1.807) is 41.3 Å². The summed E-state index contributed by atoms with van der Waals surface area (Å²) in [6.07, 6.45) is 2.45. The highest BCUT2D eigenvalue weighted by molar-refractivity contribution is 7.92. The zero-order chi connectivity index (χ0) is 22.4. The summed E-state index contributed by atoms with van der Waals surface area (Å²) in [7, 11) is -3.37. The molecule has 2 heterocycles. The molecule has 31 heavy (non-hydrogen) atoms. The summed E-state index contributed by atoms with van der Waals surface area (Å²) < 4.78 is 31.4. The zero-order valence-corrected chi connectivity index (χ0v) is 18.8. The molecule has 1 amide bonds. The Morgan fingerprint density at radius 3 is 2.42 bits per heavy atom. The van der Waals surface area contributed by atoms with E-state index in [0.29, 0.717) is 53.5 Å². The predicted octanol–water partition coefficient (Wildman–Crippen LogP) is 3.66. The van der Waals surface area contributed by atoms with E-state index in [2.05, 4.69) is 4.72 Å². The molecule has 2 aliphatic heterocycles. The number of carbonyl (C=O) groups is 2. The van der Waals surface area contributed by atoms with E-state index in [4.69, 9.17) is 16.3 Å². The maximum Gasteiger partial charge on any atom is 0.253 e. The van der Waals surface area contributed by atoms with Crippen molar-refractivity contribution in [3.8, 4) is 5.75 Å². The largest absolute Gasteiger partial charge is 0.486 e. The van der Waals surface area contributed by atoms with Crippen LogP contribution in [0.2, 0.25) is 5.02 Å². The number of amides is 1. The Balaban J connectivity index is 1.45. The lowest BCUT2D eigenvalue weighted by atomic mass is 9.82. The van der Waals surface area contributed by atoms with E-state index < -0.39 is 15.6 Å². The number of ketones is 1. The second kappa shape index (κ2) is 7.84. The standard InChI is InChI=1S/C22H23ClN2O5S/c1-14-11-16(23)12-18-19(26)13-22(30-20(14)18)7-9-25(10-8-22)21(27)15-3-5-17(6-4-15)24-31(2,28)29/h3-6,11-12,24H,7-10,13H2,1-2H3. The van der Waals surface area contributed by atoms with Gasteiger partial charge in [0.15, 0.2) is 5.78 Å². The maximum atomic E-state index is 12.9. The first-order chi connectivity index (χ1) is 14.6. The van der Waals surface area contributed by atoms with Crippen molar-refractivity contribution in [3.05, 3.63) is 58.1 Å². The average Bonchev–Trinajstić information content (AvgIpc) is 2.69. The number of Topliss-reactive ketones (excluding diaryl/α,β-unsaturated/α-hetero) is 1. The molecule has 1 N–H and O–H groups in total. The number of fused-ring (bicyclic) bond motifs is 1. The number of sulfonamides is 1. The summed E-state index contributed by atoms with van der Waals surface area (Å²) in [6, 6.07) is 9.77.